The maximum atomic E-state index is 6.03. The Morgan fingerprint density at radius 1 is 1.53 bits per heavy atom. The van der Waals surface area contributed by atoms with Crippen LogP contribution in [0.4, 0.5) is 0 Å². The van der Waals surface area contributed by atoms with E-state index < -0.39 is 0 Å². The number of methoxy groups -OCH3 is 1. The molecule has 17 heavy (non-hydrogen) atoms. The van der Waals surface area contributed by atoms with E-state index in [0.717, 1.165) is 42.4 Å². The van der Waals surface area contributed by atoms with Crippen molar-refractivity contribution in [1.29, 1.82) is 0 Å². The van der Waals surface area contributed by atoms with Crippen LogP contribution < -0.4 is 10.5 Å². The van der Waals surface area contributed by atoms with E-state index in [0.29, 0.717) is 6.54 Å². The van der Waals surface area contributed by atoms with Gasteiger partial charge in [0.1, 0.15) is 5.75 Å². The molecule has 1 aromatic carbocycles. The van der Waals surface area contributed by atoms with Crippen LogP contribution in [0.2, 0.25) is 5.02 Å². The zero-order valence-corrected chi connectivity index (χ0v) is 10.8. The van der Waals surface area contributed by atoms with Crippen LogP contribution in [0, 0.1) is 5.41 Å². The van der Waals surface area contributed by atoms with Crippen molar-refractivity contribution in [3.05, 3.63) is 28.8 Å². The summed E-state index contributed by atoms with van der Waals surface area (Å²) in [7, 11) is 1.67. The van der Waals surface area contributed by atoms with Gasteiger partial charge in [0.2, 0.25) is 0 Å². The van der Waals surface area contributed by atoms with E-state index in [2.05, 4.69) is 0 Å². The number of rotatable bonds is 4. The first-order valence-electron chi connectivity index (χ1n) is 5.79. The van der Waals surface area contributed by atoms with Crippen LogP contribution in [0.15, 0.2) is 18.2 Å². The highest BCUT2D eigenvalue weighted by molar-refractivity contribution is 6.30. The average molecular weight is 256 g/mol. The van der Waals surface area contributed by atoms with Gasteiger partial charge >= 0.3 is 0 Å². The molecule has 0 saturated carbocycles. The largest absolute Gasteiger partial charge is 0.496 e. The molecule has 0 bridgehead atoms. The predicted molar refractivity (Wildman–Crippen MR) is 68.6 cm³/mol. The fraction of sp³-hybridized carbons (Fsp3) is 0.538. The van der Waals surface area contributed by atoms with Crippen LogP contribution in [0.5, 0.6) is 5.75 Å². The molecule has 0 radical (unpaired) electrons. The van der Waals surface area contributed by atoms with Gasteiger partial charge in [-0.3, -0.25) is 0 Å². The first-order valence-corrected chi connectivity index (χ1v) is 6.17. The quantitative estimate of drug-likeness (QED) is 0.898. The zero-order chi connectivity index (χ0) is 12.3. The second-order valence-electron chi connectivity index (χ2n) is 4.64. The molecule has 2 rings (SSSR count). The predicted octanol–water partition coefficient (Wildman–Crippen LogP) is 2.26. The van der Waals surface area contributed by atoms with Gasteiger partial charge in [0.05, 0.1) is 13.7 Å². The van der Waals surface area contributed by atoms with E-state index in [4.69, 9.17) is 26.8 Å². The van der Waals surface area contributed by atoms with Gasteiger partial charge in [-0.1, -0.05) is 11.6 Å². The molecule has 0 aliphatic carbocycles. The van der Waals surface area contributed by atoms with Gasteiger partial charge < -0.3 is 15.2 Å². The molecule has 1 aliphatic heterocycles. The second-order valence-corrected chi connectivity index (χ2v) is 5.08. The molecule has 1 heterocycles. The summed E-state index contributed by atoms with van der Waals surface area (Å²) < 4.78 is 10.8. The molecule has 94 valence electrons. The van der Waals surface area contributed by atoms with E-state index in [1.165, 1.54) is 0 Å². The number of benzene rings is 1. The molecule has 1 saturated heterocycles. The van der Waals surface area contributed by atoms with Crippen LogP contribution in [-0.4, -0.2) is 26.9 Å². The highest BCUT2D eigenvalue weighted by atomic mass is 35.5. The zero-order valence-electron chi connectivity index (χ0n) is 10.0. The Bertz CT molecular complexity index is 389. The fourth-order valence-electron chi connectivity index (χ4n) is 2.31. The average Bonchev–Trinajstić information content (AvgIpc) is 2.79. The van der Waals surface area contributed by atoms with Crippen molar-refractivity contribution < 1.29 is 9.47 Å². The minimum atomic E-state index is 0.0396. The number of hydrogen-bond donors (Lipinski definition) is 1. The maximum Gasteiger partial charge on any atom is 0.122 e. The first kappa shape index (κ1) is 12.7. The van der Waals surface area contributed by atoms with Crippen molar-refractivity contribution in [2.75, 3.05) is 26.9 Å². The molecule has 4 heteroatoms. The minimum absolute atomic E-state index is 0.0396. The number of hydrogen-bond acceptors (Lipinski definition) is 3. The Morgan fingerprint density at radius 3 is 2.94 bits per heavy atom. The van der Waals surface area contributed by atoms with E-state index >= 15 is 0 Å². The lowest BCUT2D eigenvalue weighted by Gasteiger charge is -2.26. The summed E-state index contributed by atoms with van der Waals surface area (Å²) in [5, 5.41) is 0.729. The Morgan fingerprint density at radius 2 is 2.35 bits per heavy atom. The maximum absolute atomic E-state index is 6.03. The Balaban J connectivity index is 2.24. The van der Waals surface area contributed by atoms with Crippen LogP contribution >= 0.6 is 11.6 Å². The van der Waals surface area contributed by atoms with Gasteiger partial charge in [-0.15, -0.1) is 0 Å². The van der Waals surface area contributed by atoms with Crippen molar-refractivity contribution >= 4 is 11.6 Å². The monoisotopic (exact) mass is 255 g/mol. The van der Waals surface area contributed by atoms with E-state index in [-0.39, 0.29) is 5.41 Å². The van der Waals surface area contributed by atoms with Crippen molar-refractivity contribution in [1.82, 2.24) is 0 Å². The molecule has 3 nitrogen and oxygen atoms in total. The normalized spacial score (nSPS) is 23.9. The van der Waals surface area contributed by atoms with E-state index in [1.54, 1.807) is 7.11 Å². The summed E-state index contributed by atoms with van der Waals surface area (Å²) in [4.78, 5) is 0. The van der Waals surface area contributed by atoms with E-state index in [1.807, 2.05) is 18.2 Å². The van der Waals surface area contributed by atoms with Gasteiger partial charge in [-0.2, -0.15) is 0 Å². The third-order valence-corrected chi connectivity index (χ3v) is 3.66. The highest BCUT2D eigenvalue weighted by Gasteiger charge is 2.34. The van der Waals surface area contributed by atoms with Gasteiger partial charge in [-0.05, 0) is 36.6 Å². The third kappa shape index (κ3) is 2.73. The molecule has 1 aromatic rings. The van der Waals surface area contributed by atoms with Gasteiger partial charge in [0.25, 0.3) is 0 Å². The Kier molecular flexibility index (Phi) is 3.92. The van der Waals surface area contributed by atoms with Gasteiger partial charge in [0, 0.05) is 23.6 Å². The molecule has 0 aromatic heterocycles. The molecule has 1 aliphatic rings. The Hall–Kier alpha value is -0.770. The summed E-state index contributed by atoms with van der Waals surface area (Å²) in [6, 6.07) is 5.69. The van der Waals surface area contributed by atoms with Crippen molar-refractivity contribution in [3.8, 4) is 5.75 Å². The fourth-order valence-corrected chi connectivity index (χ4v) is 2.51. The van der Waals surface area contributed by atoms with Crippen molar-refractivity contribution in [2.45, 2.75) is 12.8 Å². The third-order valence-electron chi connectivity index (χ3n) is 3.43. The van der Waals surface area contributed by atoms with Crippen molar-refractivity contribution in [3.63, 3.8) is 0 Å². The summed E-state index contributed by atoms with van der Waals surface area (Å²) in [5.74, 6) is 0.870. The molecule has 1 atom stereocenters. The van der Waals surface area contributed by atoms with Gasteiger partial charge in [-0.25, -0.2) is 0 Å². The second kappa shape index (κ2) is 5.25. The van der Waals surface area contributed by atoms with Crippen LogP contribution in [0.3, 0.4) is 0 Å². The molecular weight excluding hydrogens is 238 g/mol. The lowest BCUT2D eigenvalue weighted by Crippen LogP contribution is -2.33. The SMILES string of the molecule is COc1ccc(Cl)cc1CC1(CN)CCOC1. The standard InChI is InChI=1S/C13H18ClNO2/c1-16-12-3-2-11(14)6-10(12)7-13(8-15)4-5-17-9-13/h2-3,6H,4-5,7-9,15H2,1H3. The summed E-state index contributed by atoms with van der Waals surface area (Å²) in [6.45, 7) is 2.14. The van der Waals surface area contributed by atoms with Gasteiger partial charge in [0.15, 0.2) is 0 Å². The van der Waals surface area contributed by atoms with Crippen LogP contribution in [0.25, 0.3) is 0 Å². The number of ether oxygens (including phenoxy) is 2. The molecule has 1 unspecified atom stereocenters. The summed E-state index contributed by atoms with van der Waals surface area (Å²) in [5.41, 5.74) is 7.04. The molecule has 0 amide bonds. The lowest BCUT2D eigenvalue weighted by molar-refractivity contribution is 0.154. The van der Waals surface area contributed by atoms with Crippen LogP contribution in [-0.2, 0) is 11.2 Å². The molecule has 0 spiro atoms. The Labute approximate surface area is 107 Å². The van der Waals surface area contributed by atoms with Crippen LogP contribution in [0.1, 0.15) is 12.0 Å². The van der Waals surface area contributed by atoms with Crippen molar-refractivity contribution in [2.24, 2.45) is 11.1 Å². The summed E-state index contributed by atoms with van der Waals surface area (Å²) >= 11 is 6.03. The summed E-state index contributed by atoms with van der Waals surface area (Å²) in [6.07, 6.45) is 1.85. The number of halogens is 1. The highest BCUT2D eigenvalue weighted by Crippen LogP contribution is 2.35. The first-order chi connectivity index (χ1) is 8.19. The number of nitrogens with two attached hydrogens (primary N) is 1. The topological polar surface area (TPSA) is 44.5 Å². The molecular formula is C13H18ClNO2. The lowest BCUT2D eigenvalue weighted by atomic mass is 9.81. The smallest absolute Gasteiger partial charge is 0.122 e. The molecule has 1 fully saturated rings. The minimum Gasteiger partial charge on any atom is -0.496 e. The van der Waals surface area contributed by atoms with E-state index in [9.17, 15) is 0 Å². The molecule has 2 N–H and O–H groups in total.